The first-order valence-electron chi connectivity index (χ1n) is 4.20. The quantitative estimate of drug-likeness (QED) is 0.753. The number of aryl methyl sites for hydroxylation is 1. The van der Waals surface area contributed by atoms with Crippen LogP contribution in [0.4, 0.5) is 8.78 Å². The molecule has 2 N–H and O–H groups in total. The topological polar surface area (TPSA) is 43.8 Å². The third-order valence-electron chi connectivity index (χ3n) is 2.50. The average molecular weight is 187 g/mol. The molecule has 0 aliphatic heterocycles. The van der Waals surface area contributed by atoms with E-state index >= 15 is 0 Å². The van der Waals surface area contributed by atoms with Gasteiger partial charge in [0, 0.05) is 19.2 Å². The Balaban J connectivity index is 2.37. The molecule has 1 heterocycles. The summed E-state index contributed by atoms with van der Waals surface area (Å²) in [7, 11) is 0. The molecule has 5 heteroatoms. The molecule has 1 aliphatic rings. The highest BCUT2D eigenvalue weighted by atomic mass is 19.3. The van der Waals surface area contributed by atoms with Gasteiger partial charge in [-0.1, -0.05) is 0 Å². The molecule has 0 bridgehead atoms. The molecule has 2 rings (SSSR count). The second-order valence-corrected chi connectivity index (χ2v) is 3.38. The van der Waals surface area contributed by atoms with E-state index in [1.54, 1.807) is 6.07 Å². The van der Waals surface area contributed by atoms with Gasteiger partial charge in [0.15, 0.2) is 0 Å². The lowest BCUT2D eigenvalue weighted by atomic mass is 10.2. The summed E-state index contributed by atoms with van der Waals surface area (Å²) in [5.41, 5.74) is 4.51. The summed E-state index contributed by atoms with van der Waals surface area (Å²) in [6.07, 6.45) is 1.23. The van der Waals surface area contributed by atoms with Crippen molar-refractivity contribution in [1.29, 1.82) is 0 Å². The molecule has 0 amide bonds. The van der Waals surface area contributed by atoms with E-state index < -0.39 is 11.5 Å². The molecule has 0 spiro atoms. The molecule has 0 aromatic carbocycles. The maximum absolute atomic E-state index is 12.9. The van der Waals surface area contributed by atoms with E-state index in [1.165, 1.54) is 10.9 Å². The van der Waals surface area contributed by atoms with Gasteiger partial charge in [-0.3, -0.25) is 4.68 Å². The number of nitrogens with two attached hydrogens (primary N) is 1. The Morgan fingerprint density at radius 1 is 1.69 bits per heavy atom. The molecule has 1 aromatic heterocycles. The van der Waals surface area contributed by atoms with E-state index in [1.807, 2.05) is 6.92 Å². The van der Waals surface area contributed by atoms with Crippen molar-refractivity contribution >= 4 is 0 Å². The highest BCUT2D eigenvalue weighted by molar-refractivity contribution is 5.30. The molecule has 1 atom stereocenters. The molecule has 72 valence electrons. The molecular weight excluding hydrogens is 176 g/mol. The number of halogens is 2. The van der Waals surface area contributed by atoms with Gasteiger partial charge in [-0.05, 0) is 13.0 Å². The number of aromatic nitrogens is 2. The summed E-state index contributed by atoms with van der Waals surface area (Å²) in [5.74, 6) is -2.76. The molecular formula is C8H11F2N3. The van der Waals surface area contributed by atoms with E-state index in [-0.39, 0.29) is 6.42 Å². The maximum atomic E-state index is 12.9. The molecule has 1 unspecified atom stereocenters. The van der Waals surface area contributed by atoms with E-state index in [2.05, 4.69) is 5.10 Å². The van der Waals surface area contributed by atoms with Crippen LogP contribution >= 0.6 is 0 Å². The van der Waals surface area contributed by atoms with Crippen LogP contribution in [0.25, 0.3) is 0 Å². The third kappa shape index (κ3) is 0.997. The standard InChI is InChI=1S/C8H11F2N3/c1-2-13-6(3-4-12-13)7(11)5-8(7,9)10/h3-4H,2,5,11H2,1H3. The van der Waals surface area contributed by atoms with Gasteiger partial charge in [-0.2, -0.15) is 5.10 Å². The van der Waals surface area contributed by atoms with Crippen LogP contribution in [0.5, 0.6) is 0 Å². The van der Waals surface area contributed by atoms with Crippen molar-refractivity contribution in [3.05, 3.63) is 18.0 Å². The zero-order valence-electron chi connectivity index (χ0n) is 7.30. The monoisotopic (exact) mass is 187 g/mol. The summed E-state index contributed by atoms with van der Waals surface area (Å²) < 4.78 is 27.3. The number of nitrogens with zero attached hydrogens (tertiary/aromatic N) is 2. The van der Waals surface area contributed by atoms with Crippen molar-refractivity contribution in [1.82, 2.24) is 9.78 Å². The number of hydrogen-bond acceptors (Lipinski definition) is 2. The molecule has 0 radical (unpaired) electrons. The number of alkyl halides is 2. The van der Waals surface area contributed by atoms with Crippen molar-refractivity contribution in [2.24, 2.45) is 5.73 Å². The first-order valence-corrected chi connectivity index (χ1v) is 4.20. The average Bonchev–Trinajstić information content (AvgIpc) is 2.53. The molecule has 1 aromatic rings. The Bertz CT molecular complexity index is 334. The molecule has 13 heavy (non-hydrogen) atoms. The fourth-order valence-corrected chi connectivity index (χ4v) is 1.55. The second kappa shape index (κ2) is 2.29. The Morgan fingerprint density at radius 2 is 2.31 bits per heavy atom. The Labute approximate surface area is 74.5 Å². The molecule has 3 nitrogen and oxygen atoms in total. The second-order valence-electron chi connectivity index (χ2n) is 3.38. The lowest BCUT2D eigenvalue weighted by Crippen LogP contribution is -2.30. The van der Waals surface area contributed by atoms with E-state index in [4.69, 9.17) is 5.73 Å². The normalized spacial score (nSPS) is 30.5. The van der Waals surface area contributed by atoms with Crippen LogP contribution in [0, 0.1) is 0 Å². The minimum Gasteiger partial charge on any atom is -0.315 e. The minimum absolute atomic E-state index is 0.272. The Hall–Kier alpha value is -0.970. The molecule has 0 saturated heterocycles. The van der Waals surface area contributed by atoms with E-state index in [9.17, 15) is 8.78 Å². The lowest BCUT2D eigenvalue weighted by Gasteiger charge is -2.11. The third-order valence-corrected chi connectivity index (χ3v) is 2.50. The minimum atomic E-state index is -2.76. The van der Waals surface area contributed by atoms with Gasteiger partial charge in [-0.25, -0.2) is 8.78 Å². The summed E-state index contributed by atoms with van der Waals surface area (Å²) in [4.78, 5) is 0. The Morgan fingerprint density at radius 3 is 2.77 bits per heavy atom. The van der Waals surface area contributed by atoms with Crippen molar-refractivity contribution in [3.63, 3.8) is 0 Å². The smallest absolute Gasteiger partial charge is 0.273 e. The van der Waals surface area contributed by atoms with Crippen LogP contribution in [0.15, 0.2) is 12.3 Å². The van der Waals surface area contributed by atoms with E-state index in [0.29, 0.717) is 12.2 Å². The Kier molecular flexibility index (Phi) is 1.52. The van der Waals surface area contributed by atoms with Crippen LogP contribution < -0.4 is 5.73 Å². The van der Waals surface area contributed by atoms with Crippen LogP contribution in [0.1, 0.15) is 19.0 Å². The lowest BCUT2D eigenvalue weighted by molar-refractivity contribution is 0.0868. The zero-order chi connectivity index (χ0) is 9.69. The van der Waals surface area contributed by atoms with Gasteiger partial charge in [0.25, 0.3) is 5.92 Å². The summed E-state index contributed by atoms with van der Waals surface area (Å²) in [5, 5.41) is 3.91. The summed E-state index contributed by atoms with van der Waals surface area (Å²) >= 11 is 0. The zero-order valence-corrected chi connectivity index (χ0v) is 7.30. The van der Waals surface area contributed by atoms with Gasteiger partial charge in [0.05, 0.1) is 5.69 Å². The van der Waals surface area contributed by atoms with Gasteiger partial charge in [0.2, 0.25) is 0 Å². The van der Waals surface area contributed by atoms with Gasteiger partial charge in [-0.15, -0.1) is 0 Å². The van der Waals surface area contributed by atoms with Crippen molar-refractivity contribution < 1.29 is 8.78 Å². The fourth-order valence-electron chi connectivity index (χ4n) is 1.55. The van der Waals surface area contributed by atoms with Crippen LogP contribution in [-0.2, 0) is 12.1 Å². The first kappa shape index (κ1) is 8.62. The van der Waals surface area contributed by atoms with Gasteiger partial charge in [0.1, 0.15) is 5.54 Å². The molecule has 1 fully saturated rings. The summed E-state index contributed by atoms with van der Waals surface area (Å²) in [6, 6.07) is 1.56. The van der Waals surface area contributed by atoms with Gasteiger partial charge < -0.3 is 5.73 Å². The predicted molar refractivity (Wildman–Crippen MR) is 43.3 cm³/mol. The summed E-state index contributed by atoms with van der Waals surface area (Å²) in [6.45, 7) is 2.41. The first-order chi connectivity index (χ1) is 6.01. The maximum Gasteiger partial charge on any atom is 0.273 e. The van der Waals surface area contributed by atoms with Crippen molar-refractivity contribution in [3.8, 4) is 0 Å². The highest BCUT2D eigenvalue weighted by Crippen LogP contribution is 2.57. The van der Waals surface area contributed by atoms with Crippen molar-refractivity contribution in [2.75, 3.05) is 0 Å². The van der Waals surface area contributed by atoms with Gasteiger partial charge >= 0.3 is 0 Å². The van der Waals surface area contributed by atoms with Crippen molar-refractivity contribution in [2.45, 2.75) is 31.4 Å². The predicted octanol–water partition coefficient (Wildman–Crippen LogP) is 1.10. The molecule has 1 saturated carbocycles. The van der Waals surface area contributed by atoms with Crippen LogP contribution in [0.2, 0.25) is 0 Å². The van der Waals surface area contributed by atoms with Crippen LogP contribution in [0.3, 0.4) is 0 Å². The molecule has 1 aliphatic carbocycles. The number of hydrogen-bond donors (Lipinski definition) is 1. The fraction of sp³-hybridized carbons (Fsp3) is 0.625. The highest BCUT2D eigenvalue weighted by Gasteiger charge is 2.71. The van der Waals surface area contributed by atoms with Crippen LogP contribution in [-0.4, -0.2) is 15.7 Å². The number of rotatable bonds is 2. The SMILES string of the molecule is CCn1nccc1C1(N)CC1(F)F. The van der Waals surface area contributed by atoms with E-state index in [0.717, 1.165) is 0 Å². The largest absolute Gasteiger partial charge is 0.315 e.